The molecule has 1 aromatic rings. The summed E-state index contributed by atoms with van der Waals surface area (Å²) in [6, 6.07) is 10.9. The van der Waals surface area contributed by atoms with Gasteiger partial charge in [-0.15, -0.1) is 0 Å². The van der Waals surface area contributed by atoms with Crippen LogP contribution < -0.4 is 0 Å². The molecule has 0 unspecified atom stereocenters. The van der Waals surface area contributed by atoms with E-state index in [4.69, 9.17) is 0 Å². The van der Waals surface area contributed by atoms with Crippen molar-refractivity contribution in [2.24, 2.45) is 0 Å². The molecule has 0 N–H and O–H groups in total. The van der Waals surface area contributed by atoms with Gasteiger partial charge in [-0.1, -0.05) is 56.7 Å². The normalized spacial score (nSPS) is 15.9. The molecule has 90 valence electrons. The lowest BCUT2D eigenvalue weighted by Crippen LogP contribution is -1.88. The van der Waals surface area contributed by atoms with Gasteiger partial charge in [-0.05, 0) is 48.0 Å². The third kappa shape index (κ3) is 2.22. The summed E-state index contributed by atoms with van der Waals surface area (Å²) in [6.07, 6.45) is 4.72. The largest absolute Gasteiger partial charge is 0.0626 e. The van der Waals surface area contributed by atoms with Crippen molar-refractivity contribution in [3.8, 4) is 0 Å². The number of benzene rings is 1. The fourth-order valence-electron chi connectivity index (χ4n) is 2.97. The Morgan fingerprint density at radius 2 is 1.47 bits per heavy atom. The second kappa shape index (κ2) is 5.35. The highest BCUT2D eigenvalue weighted by molar-refractivity contribution is 5.78. The first-order valence-electron chi connectivity index (χ1n) is 6.80. The molecule has 0 fully saturated rings. The van der Waals surface area contributed by atoms with Crippen molar-refractivity contribution < 1.29 is 0 Å². The lowest BCUT2D eigenvalue weighted by molar-refractivity contribution is 0.974. The predicted octanol–water partition coefficient (Wildman–Crippen LogP) is 5.37. The maximum atomic E-state index is 2.29. The van der Waals surface area contributed by atoms with Gasteiger partial charge in [0.1, 0.15) is 0 Å². The Hall–Kier alpha value is -1.30. The smallest absolute Gasteiger partial charge is 0.00525 e. The van der Waals surface area contributed by atoms with E-state index in [1.807, 2.05) is 0 Å². The molecule has 0 aliphatic heterocycles. The van der Waals surface area contributed by atoms with Crippen LogP contribution >= 0.6 is 0 Å². The highest BCUT2D eigenvalue weighted by Gasteiger charge is 2.21. The van der Waals surface area contributed by atoms with Crippen LogP contribution in [0.2, 0.25) is 0 Å². The van der Waals surface area contributed by atoms with Crippen molar-refractivity contribution in [2.45, 2.75) is 46.5 Å². The third-order valence-corrected chi connectivity index (χ3v) is 3.80. The molecule has 0 saturated heterocycles. The third-order valence-electron chi connectivity index (χ3n) is 3.80. The van der Waals surface area contributed by atoms with E-state index in [1.165, 1.54) is 24.8 Å². The van der Waals surface area contributed by atoms with Crippen molar-refractivity contribution in [2.75, 3.05) is 0 Å². The summed E-state index contributed by atoms with van der Waals surface area (Å²) >= 11 is 0. The first-order valence-corrected chi connectivity index (χ1v) is 6.80. The molecular formula is C17H22. The minimum absolute atomic E-state index is 1.16. The van der Waals surface area contributed by atoms with Crippen LogP contribution in [0.3, 0.4) is 0 Å². The summed E-state index contributed by atoms with van der Waals surface area (Å²) in [5, 5.41) is 0. The molecule has 0 aromatic heterocycles. The molecule has 0 amide bonds. The molecule has 0 radical (unpaired) electrons. The molecule has 1 aromatic carbocycles. The van der Waals surface area contributed by atoms with Gasteiger partial charge >= 0.3 is 0 Å². The van der Waals surface area contributed by atoms with Crippen molar-refractivity contribution in [3.63, 3.8) is 0 Å². The van der Waals surface area contributed by atoms with Gasteiger partial charge in [-0.25, -0.2) is 0 Å². The van der Waals surface area contributed by atoms with Crippen LogP contribution in [-0.2, 0) is 0 Å². The lowest BCUT2D eigenvalue weighted by Gasteiger charge is -2.08. The molecule has 0 saturated carbocycles. The summed E-state index contributed by atoms with van der Waals surface area (Å²) in [7, 11) is 0. The molecule has 17 heavy (non-hydrogen) atoms. The van der Waals surface area contributed by atoms with Gasteiger partial charge in [0.05, 0.1) is 0 Å². The van der Waals surface area contributed by atoms with Gasteiger partial charge in [-0.3, -0.25) is 0 Å². The Kier molecular flexibility index (Phi) is 3.83. The van der Waals surface area contributed by atoms with Crippen molar-refractivity contribution in [1.82, 2.24) is 0 Å². The van der Waals surface area contributed by atoms with Gasteiger partial charge in [0.2, 0.25) is 0 Å². The fourth-order valence-corrected chi connectivity index (χ4v) is 2.97. The van der Waals surface area contributed by atoms with E-state index in [1.54, 1.807) is 22.3 Å². The first-order chi connectivity index (χ1) is 8.31. The van der Waals surface area contributed by atoms with Crippen LogP contribution in [0.4, 0.5) is 0 Å². The van der Waals surface area contributed by atoms with Crippen LogP contribution in [-0.4, -0.2) is 0 Å². The molecule has 0 atom stereocenters. The highest BCUT2D eigenvalue weighted by atomic mass is 14.3. The van der Waals surface area contributed by atoms with Crippen LogP contribution in [0, 0.1) is 0 Å². The number of allylic oxidation sites excluding steroid dienone is 4. The zero-order valence-corrected chi connectivity index (χ0v) is 11.2. The van der Waals surface area contributed by atoms with Crippen molar-refractivity contribution >= 4 is 5.57 Å². The minimum Gasteiger partial charge on any atom is -0.0626 e. The van der Waals surface area contributed by atoms with Crippen molar-refractivity contribution in [3.05, 3.63) is 52.6 Å². The minimum atomic E-state index is 1.16. The molecule has 0 heteroatoms. The van der Waals surface area contributed by atoms with Gasteiger partial charge in [-0.2, -0.15) is 0 Å². The van der Waals surface area contributed by atoms with Crippen LogP contribution in [0.1, 0.15) is 52.0 Å². The average Bonchev–Trinajstić information content (AvgIpc) is 2.77. The van der Waals surface area contributed by atoms with Gasteiger partial charge in [0.25, 0.3) is 0 Å². The topological polar surface area (TPSA) is 0 Å². The summed E-state index contributed by atoms with van der Waals surface area (Å²) in [5.41, 5.74) is 7.88. The molecular weight excluding hydrogens is 204 g/mol. The van der Waals surface area contributed by atoms with Gasteiger partial charge < -0.3 is 0 Å². The molecule has 0 spiro atoms. The molecule has 1 aliphatic carbocycles. The number of hydrogen-bond donors (Lipinski definition) is 0. The highest BCUT2D eigenvalue weighted by Crippen LogP contribution is 2.42. The Labute approximate surface area is 105 Å². The average molecular weight is 226 g/mol. The second-order valence-corrected chi connectivity index (χ2v) is 4.64. The summed E-state index contributed by atoms with van der Waals surface area (Å²) in [6.45, 7) is 6.85. The van der Waals surface area contributed by atoms with Crippen LogP contribution in [0.15, 0.2) is 47.1 Å². The van der Waals surface area contributed by atoms with E-state index in [0.29, 0.717) is 0 Å². The number of hydrogen-bond acceptors (Lipinski definition) is 0. The fraction of sp³-hybridized carbons (Fsp3) is 0.412. The first kappa shape index (κ1) is 12.2. The molecule has 0 nitrogen and oxygen atoms in total. The van der Waals surface area contributed by atoms with E-state index in [2.05, 4.69) is 51.1 Å². The quantitative estimate of drug-likeness (QED) is 0.647. The van der Waals surface area contributed by atoms with Crippen molar-refractivity contribution in [1.29, 1.82) is 0 Å². The monoisotopic (exact) mass is 226 g/mol. The molecule has 1 aliphatic rings. The Bertz CT molecular complexity index is 446. The number of rotatable bonds is 4. The standard InChI is InChI=1S/C17H22/c1-4-13-12-17(14-10-8-7-9-11-14)16(6-3)15(13)5-2/h7-11H,4-6,12H2,1-3H3. The van der Waals surface area contributed by atoms with E-state index in [-0.39, 0.29) is 0 Å². The zero-order valence-electron chi connectivity index (χ0n) is 11.2. The Balaban J connectivity index is 2.43. The summed E-state index contributed by atoms with van der Waals surface area (Å²) in [5.74, 6) is 0. The molecule has 0 bridgehead atoms. The van der Waals surface area contributed by atoms with E-state index in [9.17, 15) is 0 Å². The van der Waals surface area contributed by atoms with Crippen LogP contribution in [0.25, 0.3) is 5.57 Å². The van der Waals surface area contributed by atoms with E-state index in [0.717, 1.165) is 6.42 Å². The Morgan fingerprint density at radius 3 is 2.00 bits per heavy atom. The SMILES string of the molecule is CCC1=C(CC)C(CC)=C(c2ccccc2)C1. The van der Waals surface area contributed by atoms with Crippen LogP contribution in [0.5, 0.6) is 0 Å². The molecule has 2 rings (SSSR count). The maximum Gasteiger partial charge on any atom is -0.00525 e. The van der Waals surface area contributed by atoms with E-state index >= 15 is 0 Å². The summed E-state index contributed by atoms with van der Waals surface area (Å²) < 4.78 is 0. The van der Waals surface area contributed by atoms with Gasteiger partial charge in [0, 0.05) is 0 Å². The lowest BCUT2D eigenvalue weighted by atomic mass is 9.97. The van der Waals surface area contributed by atoms with E-state index < -0.39 is 0 Å². The Morgan fingerprint density at radius 1 is 0.824 bits per heavy atom. The predicted molar refractivity (Wildman–Crippen MR) is 75.9 cm³/mol. The summed E-state index contributed by atoms with van der Waals surface area (Å²) in [4.78, 5) is 0. The maximum absolute atomic E-state index is 2.29. The zero-order chi connectivity index (χ0) is 12.3. The van der Waals surface area contributed by atoms with Gasteiger partial charge in [0.15, 0.2) is 0 Å². The molecule has 0 heterocycles. The second-order valence-electron chi connectivity index (χ2n) is 4.64.